The van der Waals surface area contributed by atoms with Gasteiger partial charge in [-0.3, -0.25) is 0 Å². The van der Waals surface area contributed by atoms with Crippen LogP contribution in [0.2, 0.25) is 0 Å². The molecule has 1 atom stereocenters. The first kappa shape index (κ1) is 19.0. The fourth-order valence-corrected chi connectivity index (χ4v) is 2.87. The zero-order valence-corrected chi connectivity index (χ0v) is 14.2. The van der Waals surface area contributed by atoms with Gasteiger partial charge in [0.25, 0.3) is 0 Å². The molecule has 0 N–H and O–H groups in total. The van der Waals surface area contributed by atoms with Gasteiger partial charge in [-0.15, -0.1) is 0 Å². The molecule has 0 fully saturated rings. The van der Waals surface area contributed by atoms with E-state index in [4.69, 9.17) is 0 Å². The van der Waals surface area contributed by atoms with E-state index in [0.29, 0.717) is 0 Å². The molecule has 0 heterocycles. The van der Waals surface area contributed by atoms with Crippen molar-refractivity contribution < 1.29 is 0 Å². The first-order chi connectivity index (χ1) is 9.31. The molecule has 116 valence electrons. The summed E-state index contributed by atoms with van der Waals surface area (Å²) in [5.74, 6) is 0.974. The molecule has 0 spiro atoms. The van der Waals surface area contributed by atoms with Crippen molar-refractivity contribution in [2.24, 2.45) is 5.92 Å². The lowest BCUT2D eigenvalue weighted by molar-refractivity contribution is 0.431. The summed E-state index contributed by atoms with van der Waals surface area (Å²) in [7, 11) is 0. The smallest absolute Gasteiger partial charge is 0.0443 e. The van der Waals surface area contributed by atoms with Crippen LogP contribution in [0.15, 0.2) is 0 Å². The van der Waals surface area contributed by atoms with E-state index in [1.165, 1.54) is 96.3 Å². The summed E-state index contributed by atoms with van der Waals surface area (Å²) in [5, 5.41) is 0. The maximum atomic E-state index is 2.46. The SMILES string of the molecule is CCCCCCCCC[C@H](C)CCCCCCCC. The van der Waals surface area contributed by atoms with Gasteiger partial charge >= 0.3 is 0 Å². The van der Waals surface area contributed by atoms with Gasteiger partial charge in [0, 0.05) is 0 Å². The zero-order valence-electron chi connectivity index (χ0n) is 14.2. The predicted octanol–water partition coefficient (Wildman–Crippen LogP) is 7.51. The molecule has 0 radical (unpaired) electrons. The van der Waals surface area contributed by atoms with E-state index in [2.05, 4.69) is 20.8 Å². The summed E-state index contributed by atoms with van der Waals surface area (Å²) in [6.07, 6.45) is 21.8. The minimum Gasteiger partial charge on any atom is -0.0654 e. The summed E-state index contributed by atoms with van der Waals surface area (Å²) in [6.45, 7) is 7.05. The molecular formula is C19H40. The number of hydrogen-bond acceptors (Lipinski definition) is 0. The van der Waals surface area contributed by atoms with E-state index in [-0.39, 0.29) is 0 Å². The largest absolute Gasteiger partial charge is 0.0654 e. The quantitative estimate of drug-likeness (QED) is 0.269. The van der Waals surface area contributed by atoms with Crippen LogP contribution in [0.25, 0.3) is 0 Å². The highest BCUT2D eigenvalue weighted by Gasteiger charge is 2.01. The summed E-state index contributed by atoms with van der Waals surface area (Å²) in [6, 6.07) is 0. The highest BCUT2D eigenvalue weighted by Crippen LogP contribution is 2.18. The van der Waals surface area contributed by atoms with E-state index in [1.807, 2.05) is 0 Å². The van der Waals surface area contributed by atoms with Crippen LogP contribution >= 0.6 is 0 Å². The molecule has 0 amide bonds. The van der Waals surface area contributed by atoms with Gasteiger partial charge in [0.2, 0.25) is 0 Å². The molecule has 0 aliphatic rings. The Hall–Kier alpha value is 0. The average Bonchev–Trinajstić information content (AvgIpc) is 2.41. The molecule has 0 heteroatoms. The van der Waals surface area contributed by atoms with Crippen molar-refractivity contribution in [3.63, 3.8) is 0 Å². The summed E-state index contributed by atoms with van der Waals surface area (Å²) < 4.78 is 0. The normalized spacial score (nSPS) is 12.8. The van der Waals surface area contributed by atoms with Gasteiger partial charge in [0.05, 0.1) is 0 Å². The lowest BCUT2D eigenvalue weighted by Crippen LogP contribution is -1.95. The minimum absolute atomic E-state index is 0.974. The van der Waals surface area contributed by atoms with Crippen LogP contribution in [0.4, 0.5) is 0 Å². The van der Waals surface area contributed by atoms with E-state index >= 15 is 0 Å². The van der Waals surface area contributed by atoms with Crippen molar-refractivity contribution in [3.05, 3.63) is 0 Å². The molecule has 0 aliphatic heterocycles. The molecule has 0 nitrogen and oxygen atoms in total. The van der Waals surface area contributed by atoms with Crippen molar-refractivity contribution in [1.29, 1.82) is 0 Å². The van der Waals surface area contributed by atoms with E-state index in [1.54, 1.807) is 0 Å². The molecule has 0 bridgehead atoms. The van der Waals surface area contributed by atoms with Gasteiger partial charge in [-0.2, -0.15) is 0 Å². The van der Waals surface area contributed by atoms with Gasteiger partial charge in [0.1, 0.15) is 0 Å². The van der Waals surface area contributed by atoms with Gasteiger partial charge < -0.3 is 0 Å². The van der Waals surface area contributed by atoms with Crippen molar-refractivity contribution in [2.45, 2.75) is 117 Å². The van der Waals surface area contributed by atoms with Crippen molar-refractivity contribution in [3.8, 4) is 0 Å². The number of unbranched alkanes of at least 4 members (excludes halogenated alkanes) is 11. The second kappa shape index (κ2) is 16.1. The number of hydrogen-bond donors (Lipinski definition) is 0. The van der Waals surface area contributed by atoms with Crippen LogP contribution in [-0.2, 0) is 0 Å². The van der Waals surface area contributed by atoms with Crippen LogP contribution in [0, 0.1) is 5.92 Å². The fourth-order valence-electron chi connectivity index (χ4n) is 2.87. The van der Waals surface area contributed by atoms with Crippen LogP contribution in [0.3, 0.4) is 0 Å². The summed E-state index contributed by atoms with van der Waals surface area (Å²) >= 11 is 0. The molecule has 0 aromatic rings. The highest BCUT2D eigenvalue weighted by atomic mass is 14.1. The Kier molecular flexibility index (Phi) is 16.1. The molecule has 19 heavy (non-hydrogen) atoms. The molecule has 0 aromatic heterocycles. The maximum Gasteiger partial charge on any atom is -0.0443 e. The van der Waals surface area contributed by atoms with Crippen LogP contribution < -0.4 is 0 Å². The lowest BCUT2D eigenvalue weighted by Gasteiger charge is -2.11. The Morgan fingerprint density at radius 3 is 1.16 bits per heavy atom. The third-order valence-electron chi connectivity index (χ3n) is 4.35. The van der Waals surface area contributed by atoms with Crippen molar-refractivity contribution in [1.82, 2.24) is 0 Å². The van der Waals surface area contributed by atoms with Gasteiger partial charge in [-0.1, -0.05) is 117 Å². The maximum absolute atomic E-state index is 2.46. The van der Waals surface area contributed by atoms with Crippen LogP contribution in [0.5, 0.6) is 0 Å². The molecule has 0 saturated heterocycles. The van der Waals surface area contributed by atoms with Crippen LogP contribution in [0.1, 0.15) is 117 Å². The van der Waals surface area contributed by atoms with Gasteiger partial charge in [-0.05, 0) is 5.92 Å². The molecule has 0 rings (SSSR count). The topological polar surface area (TPSA) is 0 Å². The average molecular weight is 269 g/mol. The first-order valence-electron chi connectivity index (χ1n) is 9.31. The Bertz CT molecular complexity index is 150. The summed E-state index contributed by atoms with van der Waals surface area (Å²) in [5.41, 5.74) is 0. The Morgan fingerprint density at radius 1 is 0.474 bits per heavy atom. The molecule has 0 aromatic carbocycles. The third-order valence-corrected chi connectivity index (χ3v) is 4.35. The number of rotatable bonds is 15. The van der Waals surface area contributed by atoms with Crippen molar-refractivity contribution in [2.75, 3.05) is 0 Å². The Morgan fingerprint density at radius 2 is 0.789 bits per heavy atom. The highest BCUT2D eigenvalue weighted by molar-refractivity contribution is 4.55. The standard InChI is InChI=1S/C19H40/c1-4-6-8-10-12-14-16-18-19(3)17-15-13-11-9-7-5-2/h19H,4-18H2,1-3H3/t19-/m1/s1. The lowest BCUT2D eigenvalue weighted by atomic mass is 9.96. The second-order valence-corrected chi connectivity index (χ2v) is 6.57. The predicted molar refractivity (Wildman–Crippen MR) is 89.8 cm³/mol. The summed E-state index contributed by atoms with van der Waals surface area (Å²) in [4.78, 5) is 0. The molecule has 0 unspecified atom stereocenters. The van der Waals surface area contributed by atoms with E-state index in [9.17, 15) is 0 Å². The van der Waals surface area contributed by atoms with Gasteiger partial charge in [0.15, 0.2) is 0 Å². The van der Waals surface area contributed by atoms with Gasteiger partial charge in [-0.25, -0.2) is 0 Å². The third kappa shape index (κ3) is 15.9. The minimum atomic E-state index is 0.974. The molecule has 0 aliphatic carbocycles. The first-order valence-corrected chi connectivity index (χ1v) is 9.31. The monoisotopic (exact) mass is 268 g/mol. The second-order valence-electron chi connectivity index (χ2n) is 6.57. The van der Waals surface area contributed by atoms with Crippen LogP contribution in [-0.4, -0.2) is 0 Å². The van der Waals surface area contributed by atoms with E-state index < -0.39 is 0 Å². The fraction of sp³-hybridized carbons (Fsp3) is 1.00. The Labute approximate surface area is 123 Å². The van der Waals surface area contributed by atoms with E-state index in [0.717, 1.165) is 5.92 Å². The molecule has 0 saturated carbocycles. The molecular weight excluding hydrogens is 228 g/mol. The zero-order chi connectivity index (χ0) is 14.2. The van der Waals surface area contributed by atoms with Crippen molar-refractivity contribution >= 4 is 0 Å². The Balaban J connectivity index is 3.10.